The Labute approximate surface area is 177 Å². The van der Waals surface area contributed by atoms with Gasteiger partial charge in [0.1, 0.15) is 5.56 Å². The number of nitrogens with zero attached hydrogens (tertiary/aromatic N) is 3. The quantitative estimate of drug-likeness (QED) is 0.795. The van der Waals surface area contributed by atoms with E-state index in [1.165, 1.54) is 12.8 Å². The van der Waals surface area contributed by atoms with Crippen molar-refractivity contribution >= 4 is 11.8 Å². The summed E-state index contributed by atoms with van der Waals surface area (Å²) in [6.07, 6.45) is 6.97. The van der Waals surface area contributed by atoms with Crippen LogP contribution in [0.5, 0.6) is 0 Å². The first-order valence-electron chi connectivity index (χ1n) is 11.2. The lowest BCUT2D eigenvalue weighted by Crippen LogP contribution is -2.49. The highest BCUT2D eigenvalue weighted by molar-refractivity contribution is 5.96. The standard InChI is InChI=1S/C22H32N4O4/c1-16(24-7-4-2-3-5-8-24)21(28)26-9-6-18-17(15-26)14-23-20(27)19(18)22(29)25-10-12-30-13-11-25/h14,16H,2-13,15H2,1H3,(H,23,27). The molecule has 1 aromatic heterocycles. The molecule has 8 nitrogen and oxygen atoms in total. The van der Waals surface area contributed by atoms with Crippen molar-refractivity contribution < 1.29 is 14.3 Å². The summed E-state index contributed by atoms with van der Waals surface area (Å²) in [5.74, 6) is -0.0936. The van der Waals surface area contributed by atoms with Crippen LogP contribution in [0.15, 0.2) is 11.0 Å². The van der Waals surface area contributed by atoms with Gasteiger partial charge in [-0.25, -0.2) is 0 Å². The first kappa shape index (κ1) is 21.1. The van der Waals surface area contributed by atoms with Crippen LogP contribution in [0, 0.1) is 0 Å². The average Bonchev–Trinajstić information content (AvgIpc) is 3.07. The summed E-state index contributed by atoms with van der Waals surface area (Å²) in [7, 11) is 0. The molecule has 0 spiro atoms. The highest BCUT2D eigenvalue weighted by atomic mass is 16.5. The van der Waals surface area contributed by atoms with Crippen LogP contribution in [0.3, 0.4) is 0 Å². The second-order valence-corrected chi connectivity index (χ2v) is 8.54. The Kier molecular flexibility index (Phi) is 6.53. The minimum atomic E-state index is -0.344. The molecule has 2 saturated heterocycles. The molecule has 1 N–H and O–H groups in total. The number of nitrogens with one attached hydrogen (secondary N) is 1. The van der Waals surface area contributed by atoms with Crippen LogP contribution >= 0.6 is 0 Å². The first-order chi connectivity index (χ1) is 14.6. The van der Waals surface area contributed by atoms with Crippen LogP contribution < -0.4 is 5.56 Å². The van der Waals surface area contributed by atoms with E-state index in [1.54, 1.807) is 11.1 Å². The summed E-state index contributed by atoms with van der Waals surface area (Å²) < 4.78 is 5.32. The molecule has 2 fully saturated rings. The molecule has 30 heavy (non-hydrogen) atoms. The zero-order valence-corrected chi connectivity index (χ0v) is 17.8. The lowest BCUT2D eigenvalue weighted by Gasteiger charge is -2.35. The van der Waals surface area contributed by atoms with Gasteiger partial charge in [0.15, 0.2) is 0 Å². The van der Waals surface area contributed by atoms with Gasteiger partial charge in [-0.1, -0.05) is 12.8 Å². The molecule has 0 radical (unpaired) electrons. The summed E-state index contributed by atoms with van der Waals surface area (Å²) >= 11 is 0. The second kappa shape index (κ2) is 9.31. The van der Waals surface area contributed by atoms with E-state index in [0.717, 1.165) is 37.1 Å². The van der Waals surface area contributed by atoms with E-state index in [4.69, 9.17) is 4.74 Å². The number of aromatic nitrogens is 1. The molecule has 1 unspecified atom stereocenters. The number of ether oxygens (including phenoxy) is 1. The Morgan fingerprint density at radius 3 is 2.40 bits per heavy atom. The molecule has 2 amide bonds. The van der Waals surface area contributed by atoms with Gasteiger partial charge in [0.05, 0.1) is 19.3 Å². The van der Waals surface area contributed by atoms with Gasteiger partial charge in [-0.05, 0) is 50.4 Å². The van der Waals surface area contributed by atoms with Gasteiger partial charge in [-0.3, -0.25) is 19.3 Å². The summed E-state index contributed by atoms with van der Waals surface area (Å²) in [5, 5.41) is 0. The molecular formula is C22H32N4O4. The monoisotopic (exact) mass is 416 g/mol. The first-order valence-corrected chi connectivity index (χ1v) is 11.2. The van der Waals surface area contributed by atoms with E-state index in [0.29, 0.717) is 45.8 Å². The lowest BCUT2D eigenvalue weighted by molar-refractivity contribution is -0.137. The molecule has 0 aliphatic carbocycles. The van der Waals surface area contributed by atoms with Crippen molar-refractivity contribution in [2.45, 2.75) is 51.6 Å². The van der Waals surface area contributed by atoms with E-state index in [9.17, 15) is 14.4 Å². The molecular weight excluding hydrogens is 384 g/mol. The highest BCUT2D eigenvalue weighted by Crippen LogP contribution is 2.23. The number of carbonyl (C=O) groups excluding carboxylic acids is 2. The second-order valence-electron chi connectivity index (χ2n) is 8.54. The van der Waals surface area contributed by atoms with Crippen LogP contribution in [0.4, 0.5) is 0 Å². The molecule has 4 rings (SSSR count). The van der Waals surface area contributed by atoms with Crippen LogP contribution in [0.2, 0.25) is 0 Å². The average molecular weight is 417 g/mol. The van der Waals surface area contributed by atoms with Crippen LogP contribution in [-0.4, -0.2) is 83.5 Å². The van der Waals surface area contributed by atoms with Crippen LogP contribution in [-0.2, 0) is 22.5 Å². The molecule has 4 heterocycles. The minimum Gasteiger partial charge on any atom is -0.378 e. The predicted molar refractivity (Wildman–Crippen MR) is 112 cm³/mol. The Bertz CT molecular complexity index is 838. The zero-order valence-electron chi connectivity index (χ0n) is 17.8. The summed E-state index contributed by atoms with van der Waals surface area (Å²) in [4.78, 5) is 47.3. The van der Waals surface area contributed by atoms with E-state index < -0.39 is 0 Å². The van der Waals surface area contributed by atoms with Crippen molar-refractivity contribution in [3.63, 3.8) is 0 Å². The SMILES string of the molecule is CC(C(=O)N1CCc2c(c[nH]c(=O)c2C(=O)N2CCOCC2)C1)N1CCCCCC1. The van der Waals surface area contributed by atoms with Crippen molar-refractivity contribution in [2.24, 2.45) is 0 Å². The van der Waals surface area contributed by atoms with E-state index in [1.807, 2.05) is 11.8 Å². The zero-order chi connectivity index (χ0) is 21.1. The molecule has 0 saturated carbocycles. The van der Waals surface area contributed by atoms with Gasteiger partial charge in [0.2, 0.25) is 5.91 Å². The fraction of sp³-hybridized carbons (Fsp3) is 0.682. The van der Waals surface area contributed by atoms with E-state index in [2.05, 4.69) is 9.88 Å². The maximum absolute atomic E-state index is 13.2. The number of amides is 2. The van der Waals surface area contributed by atoms with Crippen LogP contribution in [0.1, 0.15) is 54.1 Å². The smallest absolute Gasteiger partial charge is 0.261 e. The van der Waals surface area contributed by atoms with Gasteiger partial charge in [-0.15, -0.1) is 0 Å². The molecule has 0 aromatic carbocycles. The fourth-order valence-corrected chi connectivity index (χ4v) is 4.81. The van der Waals surface area contributed by atoms with Crippen molar-refractivity contribution in [1.29, 1.82) is 0 Å². The molecule has 3 aliphatic rings. The largest absolute Gasteiger partial charge is 0.378 e. The number of hydrogen-bond acceptors (Lipinski definition) is 5. The van der Waals surface area contributed by atoms with Gasteiger partial charge >= 0.3 is 0 Å². The van der Waals surface area contributed by atoms with Gasteiger partial charge < -0.3 is 19.5 Å². The maximum Gasteiger partial charge on any atom is 0.261 e. The molecule has 1 aromatic rings. The van der Waals surface area contributed by atoms with Gasteiger partial charge in [0, 0.05) is 32.4 Å². The fourth-order valence-electron chi connectivity index (χ4n) is 4.81. The third-order valence-electron chi connectivity index (χ3n) is 6.66. The molecule has 1 atom stereocenters. The third-order valence-corrected chi connectivity index (χ3v) is 6.66. The number of rotatable bonds is 3. The van der Waals surface area contributed by atoms with Crippen molar-refractivity contribution in [2.75, 3.05) is 45.9 Å². The predicted octanol–water partition coefficient (Wildman–Crippen LogP) is 0.997. The number of carbonyl (C=O) groups is 2. The van der Waals surface area contributed by atoms with Crippen molar-refractivity contribution in [1.82, 2.24) is 19.7 Å². The number of pyridine rings is 1. The van der Waals surface area contributed by atoms with Crippen LogP contribution in [0.25, 0.3) is 0 Å². The van der Waals surface area contributed by atoms with Gasteiger partial charge in [0.25, 0.3) is 11.5 Å². The number of fused-ring (bicyclic) bond motifs is 1. The van der Waals surface area contributed by atoms with Gasteiger partial charge in [-0.2, -0.15) is 0 Å². The Morgan fingerprint density at radius 2 is 1.70 bits per heavy atom. The number of H-pyrrole nitrogens is 1. The molecule has 164 valence electrons. The lowest BCUT2D eigenvalue weighted by atomic mass is 9.95. The Balaban J connectivity index is 1.50. The molecule has 0 bridgehead atoms. The maximum atomic E-state index is 13.2. The van der Waals surface area contributed by atoms with E-state index in [-0.39, 0.29) is 29.0 Å². The molecule has 8 heteroatoms. The minimum absolute atomic E-state index is 0.134. The summed E-state index contributed by atoms with van der Waals surface area (Å²) in [5.41, 5.74) is 1.56. The number of aromatic amines is 1. The number of likely N-dealkylation sites (tertiary alicyclic amines) is 1. The summed E-state index contributed by atoms with van der Waals surface area (Å²) in [6.45, 7) is 6.92. The van der Waals surface area contributed by atoms with E-state index >= 15 is 0 Å². The number of hydrogen-bond donors (Lipinski definition) is 1. The Hall–Kier alpha value is -2.19. The van der Waals surface area contributed by atoms with Crippen molar-refractivity contribution in [3.05, 3.63) is 33.2 Å². The normalized spacial score (nSPS) is 21.6. The van der Waals surface area contributed by atoms with Crippen molar-refractivity contribution in [3.8, 4) is 0 Å². The topological polar surface area (TPSA) is 86.0 Å². The highest BCUT2D eigenvalue weighted by Gasteiger charge is 2.32. The molecule has 3 aliphatic heterocycles. The number of morpholine rings is 1. The third kappa shape index (κ3) is 4.30. The Morgan fingerprint density at radius 1 is 1.00 bits per heavy atom. The summed E-state index contributed by atoms with van der Waals surface area (Å²) in [6, 6.07) is -0.137.